The van der Waals surface area contributed by atoms with Gasteiger partial charge in [-0.3, -0.25) is 0 Å². The zero-order chi connectivity index (χ0) is 12.5. The van der Waals surface area contributed by atoms with Gasteiger partial charge in [0.1, 0.15) is 11.9 Å². The minimum atomic E-state index is -0.505. The highest BCUT2D eigenvalue weighted by atomic mass is 16.5. The second kappa shape index (κ2) is 4.42. The minimum Gasteiger partial charge on any atom is -0.496 e. The van der Waals surface area contributed by atoms with Gasteiger partial charge in [0.15, 0.2) is 11.6 Å². The van der Waals surface area contributed by atoms with Crippen molar-refractivity contribution in [2.75, 3.05) is 7.11 Å². The Morgan fingerprint density at radius 1 is 1.39 bits per heavy atom. The quantitative estimate of drug-likeness (QED) is 0.876. The van der Waals surface area contributed by atoms with Crippen molar-refractivity contribution in [3.8, 4) is 17.1 Å². The number of fused-ring (bicyclic) bond motifs is 1. The van der Waals surface area contributed by atoms with Crippen molar-refractivity contribution in [2.45, 2.75) is 25.5 Å². The third-order valence-electron chi connectivity index (χ3n) is 3.19. The van der Waals surface area contributed by atoms with Crippen molar-refractivity contribution in [1.29, 1.82) is 0 Å². The number of aromatic nitrogens is 3. The first-order valence-corrected chi connectivity index (χ1v) is 6.06. The molecule has 5 nitrogen and oxygen atoms in total. The molecule has 1 N–H and O–H groups in total. The summed E-state index contributed by atoms with van der Waals surface area (Å²) >= 11 is 0. The second-order valence-corrected chi connectivity index (χ2v) is 4.38. The van der Waals surface area contributed by atoms with E-state index in [4.69, 9.17) is 4.74 Å². The van der Waals surface area contributed by atoms with Crippen molar-refractivity contribution in [3.05, 3.63) is 30.1 Å². The number of aryl methyl sites for hydroxylation is 1. The zero-order valence-corrected chi connectivity index (χ0v) is 10.2. The lowest BCUT2D eigenvalue weighted by atomic mass is 10.1. The van der Waals surface area contributed by atoms with Gasteiger partial charge in [-0.2, -0.15) is 5.10 Å². The molecule has 0 radical (unpaired) electrons. The third-order valence-corrected chi connectivity index (χ3v) is 3.19. The number of para-hydroxylation sites is 1. The fourth-order valence-electron chi connectivity index (χ4n) is 2.27. The monoisotopic (exact) mass is 245 g/mol. The van der Waals surface area contributed by atoms with Crippen LogP contribution in [0.15, 0.2) is 24.3 Å². The Kier molecular flexibility index (Phi) is 2.76. The first-order chi connectivity index (χ1) is 8.79. The molecule has 5 heteroatoms. The normalized spacial score (nSPS) is 18.4. The molecule has 0 saturated heterocycles. The van der Waals surface area contributed by atoms with Gasteiger partial charge in [-0.05, 0) is 25.0 Å². The molecule has 1 aliphatic heterocycles. The van der Waals surface area contributed by atoms with E-state index in [-0.39, 0.29) is 0 Å². The minimum absolute atomic E-state index is 0.505. The van der Waals surface area contributed by atoms with Gasteiger partial charge in [0.25, 0.3) is 0 Å². The maximum absolute atomic E-state index is 9.89. The summed E-state index contributed by atoms with van der Waals surface area (Å²) < 4.78 is 7.09. The summed E-state index contributed by atoms with van der Waals surface area (Å²) in [4.78, 5) is 4.43. The molecule has 0 amide bonds. The van der Waals surface area contributed by atoms with Crippen LogP contribution < -0.4 is 4.74 Å². The van der Waals surface area contributed by atoms with Gasteiger partial charge in [-0.1, -0.05) is 12.1 Å². The van der Waals surface area contributed by atoms with Crippen LogP contribution in [0.1, 0.15) is 24.8 Å². The lowest BCUT2D eigenvalue weighted by Crippen LogP contribution is -2.16. The van der Waals surface area contributed by atoms with Crippen LogP contribution in [0.3, 0.4) is 0 Å². The van der Waals surface area contributed by atoms with E-state index < -0.39 is 6.10 Å². The van der Waals surface area contributed by atoms with E-state index in [1.54, 1.807) is 11.8 Å². The van der Waals surface area contributed by atoms with Gasteiger partial charge in [-0.15, -0.1) is 0 Å². The number of nitrogens with zero attached hydrogens (tertiary/aromatic N) is 3. The largest absolute Gasteiger partial charge is 0.496 e. The number of methoxy groups -OCH3 is 1. The molecule has 94 valence electrons. The van der Waals surface area contributed by atoms with Crippen LogP contribution in [0.5, 0.6) is 5.75 Å². The number of benzene rings is 1. The van der Waals surface area contributed by atoms with Crippen LogP contribution in [-0.4, -0.2) is 27.0 Å². The highest BCUT2D eigenvalue weighted by Gasteiger charge is 2.23. The first-order valence-electron chi connectivity index (χ1n) is 6.06. The van der Waals surface area contributed by atoms with Gasteiger partial charge in [0.2, 0.25) is 0 Å². The molecule has 1 aromatic carbocycles. The Balaban J connectivity index is 2.07. The summed E-state index contributed by atoms with van der Waals surface area (Å²) in [6.07, 6.45) is 1.18. The van der Waals surface area contributed by atoms with Gasteiger partial charge in [-0.25, -0.2) is 9.67 Å². The molecule has 2 aromatic rings. The van der Waals surface area contributed by atoms with E-state index in [0.29, 0.717) is 11.6 Å². The smallest absolute Gasteiger partial charge is 0.185 e. The predicted octanol–water partition coefficient (Wildman–Crippen LogP) is 1.78. The summed E-state index contributed by atoms with van der Waals surface area (Å²) in [7, 11) is 1.63. The van der Waals surface area contributed by atoms with Crippen LogP contribution in [0, 0.1) is 0 Å². The highest BCUT2D eigenvalue weighted by molar-refractivity contribution is 5.63. The van der Waals surface area contributed by atoms with E-state index in [1.807, 2.05) is 24.3 Å². The number of aliphatic hydroxyl groups is 1. The molecule has 0 spiro atoms. The number of aliphatic hydroxyl groups excluding tert-OH is 1. The molecule has 2 heterocycles. The Bertz CT molecular complexity index is 565. The molecule has 1 aromatic heterocycles. The Labute approximate surface area is 105 Å². The van der Waals surface area contributed by atoms with E-state index >= 15 is 0 Å². The van der Waals surface area contributed by atoms with E-state index in [0.717, 1.165) is 30.7 Å². The molecule has 0 saturated carbocycles. The highest BCUT2D eigenvalue weighted by Crippen LogP contribution is 2.30. The molecule has 1 atom stereocenters. The average molecular weight is 245 g/mol. The molecule has 3 rings (SSSR count). The Morgan fingerprint density at radius 2 is 2.22 bits per heavy atom. The Hall–Kier alpha value is -1.88. The standard InChI is InChI=1S/C13H15N3O2/c1-18-11-7-3-2-5-9(11)12-14-13-10(17)6-4-8-16(13)15-12/h2-3,5,7,10,17H,4,6,8H2,1H3. The van der Waals surface area contributed by atoms with E-state index in [1.165, 1.54) is 0 Å². The number of hydrogen-bond acceptors (Lipinski definition) is 4. The maximum atomic E-state index is 9.89. The first kappa shape index (κ1) is 11.2. The molecule has 0 aliphatic carbocycles. The van der Waals surface area contributed by atoms with Crippen molar-refractivity contribution >= 4 is 0 Å². The topological polar surface area (TPSA) is 60.2 Å². The van der Waals surface area contributed by atoms with Crippen molar-refractivity contribution in [2.24, 2.45) is 0 Å². The molecule has 1 unspecified atom stereocenters. The summed E-state index contributed by atoms with van der Waals surface area (Å²) in [5, 5.41) is 14.3. The maximum Gasteiger partial charge on any atom is 0.185 e. The van der Waals surface area contributed by atoms with Crippen molar-refractivity contribution < 1.29 is 9.84 Å². The summed E-state index contributed by atoms with van der Waals surface area (Å²) in [5.74, 6) is 2.01. The number of ether oxygens (including phenoxy) is 1. The molecular formula is C13H15N3O2. The lowest BCUT2D eigenvalue weighted by Gasteiger charge is -2.16. The average Bonchev–Trinajstić information content (AvgIpc) is 2.84. The van der Waals surface area contributed by atoms with Gasteiger partial charge < -0.3 is 9.84 Å². The second-order valence-electron chi connectivity index (χ2n) is 4.38. The number of rotatable bonds is 2. The fourth-order valence-corrected chi connectivity index (χ4v) is 2.27. The zero-order valence-electron chi connectivity index (χ0n) is 10.2. The fraction of sp³-hybridized carbons (Fsp3) is 0.385. The summed E-state index contributed by atoms with van der Waals surface area (Å²) in [5.41, 5.74) is 0.856. The third kappa shape index (κ3) is 1.76. The van der Waals surface area contributed by atoms with Gasteiger partial charge in [0, 0.05) is 6.54 Å². The predicted molar refractivity (Wildman–Crippen MR) is 66.2 cm³/mol. The molecule has 0 bridgehead atoms. The SMILES string of the molecule is COc1ccccc1-c1nc2n(n1)CCCC2O. The Morgan fingerprint density at radius 3 is 3.00 bits per heavy atom. The van der Waals surface area contributed by atoms with Crippen LogP contribution >= 0.6 is 0 Å². The van der Waals surface area contributed by atoms with Crippen LogP contribution in [0.4, 0.5) is 0 Å². The van der Waals surface area contributed by atoms with E-state index in [2.05, 4.69) is 10.1 Å². The lowest BCUT2D eigenvalue weighted by molar-refractivity contribution is 0.130. The van der Waals surface area contributed by atoms with Crippen molar-refractivity contribution in [1.82, 2.24) is 14.8 Å². The van der Waals surface area contributed by atoms with Gasteiger partial charge in [0.05, 0.1) is 12.7 Å². The molecule has 18 heavy (non-hydrogen) atoms. The van der Waals surface area contributed by atoms with Crippen molar-refractivity contribution in [3.63, 3.8) is 0 Å². The number of hydrogen-bond donors (Lipinski definition) is 1. The molecule has 0 fully saturated rings. The summed E-state index contributed by atoms with van der Waals surface area (Å²) in [6, 6.07) is 7.64. The van der Waals surface area contributed by atoms with Crippen LogP contribution in [-0.2, 0) is 6.54 Å². The van der Waals surface area contributed by atoms with Crippen LogP contribution in [0.25, 0.3) is 11.4 Å². The van der Waals surface area contributed by atoms with E-state index in [9.17, 15) is 5.11 Å². The van der Waals surface area contributed by atoms with Crippen LogP contribution in [0.2, 0.25) is 0 Å². The van der Waals surface area contributed by atoms with Gasteiger partial charge >= 0.3 is 0 Å². The molecule has 1 aliphatic rings. The molecular weight excluding hydrogens is 230 g/mol. The summed E-state index contributed by atoms with van der Waals surface area (Å²) in [6.45, 7) is 0.814.